The van der Waals surface area contributed by atoms with E-state index in [1.807, 2.05) is 74.4 Å². The van der Waals surface area contributed by atoms with Gasteiger partial charge in [-0.05, 0) is 46.9 Å². The monoisotopic (exact) mass is 424 g/mol. The quantitative estimate of drug-likeness (QED) is 0.423. The Bertz CT molecular complexity index is 972. The molecule has 0 aliphatic carbocycles. The lowest BCUT2D eigenvalue weighted by Crippen LogP contribution is -2.22. The molecule has 0 fully saturated rings. The maximum absolute atomic E-state index is 12.9. The normalized spacial score (nSPS) is 12.6. The molecule has 31 heavy (non-hydrogen) atoms. The van der Waals surface area contributed by atoms with E-state index in [9.17, 15) is 15.0 Å². The molecule has 0 unspecified atom stereocenters. The number of nitrogens with zero attached hydrogens (tertiary/aromatic N) is 1. The first-order valence-corrected chi connectivity index (χ1v) is 10.7. The maximum atomic E-state index is 12.9. The summed E-state index contributed by atoms with van der Waals surface area (Å²) < 4.78 is 0. The summed E-state index contributed by atoms with van der Waals surface area (Å²) in [6, 6.07) is 7.28. The standard InChI is InChI=1S/C26H36N2O3/c1-15(2)18-11-10-16(3)22(29)19(18)14-27-28-24(31)17-12-20(25(4,5)6)23(30)21(13-17)26(7,8)9/h10-15,29-30H,1-9H3,(H,28,31). The Labute approximate surface area is 186 Å². The van der Waals surface area contributed by atoms with Gasteiger partial charge in [-0.3, -0.25) is 4.79 Å². The lowest BCUT2D eigenvalue weighted by atomic mass is 9.78. The lowest BCUT2D eigenvalue weighted by Gasteiger charge is -2.28. The number of benzene rings is 2. The van der Waals surface area contributed by atoms with Crippen LogP contribution in [0.2, 0.25) is 0 Å². The van der Waals surface area contributed by atoms with Gasteiger partial charge >= 0.3 is 0 Å². The molecule has 5 heteroatoms. The molecular formula is C26H36N2O3. The van der Waals surface area contributed by atoms with E-state index in [1.54, 1.807) is 12.1 Å². The highest BCUT2D eigenvalue weighted by Gasteiger charge is 2.27. The highest BCUT2D eigenvalue weighted by molar-refractivity contribution is 5.96. The SMILES string of the molecule is Cc1ccc(C(C)C)c(C=NNC(=O)c2cc(C(C)(C)C)c(O)c(C(C)(C)C)c2)c1O. The zero-order chi connectivity index (χ0) is 23.7. The number of carbonyl (C=O) groups excluding carboxylic acids is 1. The molecule has 5 nitrogen and oxygen atoms in total. The van der Waals surface area contributed by atoms with E-state index in [0.717, 1.165) is 11.1 Å². The molecule has 0 bridgehead atoms. The fourth-order valence-electron chi connectivity index (χ4n) is 3.50. The zero-order valence-electron chi connectivity index (χ0n) is 20.2. The van der Waals surface area contributed by atoms with Crippen molar-refractivity contribution in [2.75, 3.05) is 0 Å². The van der Waals surface area contributed by atoms with E-state index in [2.05, 4.69) is 10.5 Å². The number of phenolic OH excluding ortho intramolecular Hbond substituents is 2. The van der Waals surface area contributed by atoms with Crippen molar-refractivity contribution in [3.05, 3.63) is 57.6 Å². The molecule has 2 aromatic rings. The number of aryl methyl sites for hydroxylation is 1. The van der Waals surface area contributed by atoms with E-state index in [0.29, 0.717) is 22.3 Å². The summed E-state index contributed by atoms with van der Waals surface area (Å²) >= 11 is 0. The number of phenols is 2. The number of carbonyl (C=O) groups is 1. The van der Waals surface area contributed by atoms with Crippen LogP contribution in [0.15, 0.2) is 29.4 Å². The van der Waals surface area contributed by atoms with Gasteiger partial charge in [0.25, 0.3) is 5.91 Å². The first kappa shape index (κ1) is 24.4. The van der Waals surface area contributed by atoms with Crippen molar-refractivity contribution in [2.24, 2.45) is 5.10 Å². The smallest absolute Gasteiger partial charge is 0.271 e. The topological polar surface area (TPSA) is 81.9 Å². The Kier molecular flexibility index (Phi) is 6.89. The number of hydrazone groups is 1. The average Bonchev–Trinajstić information content (AvgIpc) is 2.63. The van der Waals surface area contributed by atoms with Gasteiger partial charge in [0.2, 0.25) is 0 Å². The van der Waals surface area contributed by atoms with Gasteiger partial charge in [0, 0.05) is 22.3 Å². The summed E-state index contributed by atoms with van der Waals surface area (Å²) in [5, 5.41) is 25.4. The number of amides is 1. The van der Waals surface area contributed by atoms with Crippen LogP contribution in [0.3, 0.4) is 0 Å². The molecule has 168 valence electrons. The number of hydrogen-bond donors (Lipinski definition) is 3. The molecule has 0 heterocycles. The summed E-state index contributed by atoms with van der Waals surface area (Å²) in [7, 11) is 0. The fraction of sp³-hybridized carbons (Fsp3) is 0.462. The second-order valence-electron chi connectivity index (χ2n) is 10.5. The van der Waals surface area contributed by atoms with Crippen molar-refractivity contribution >= 4 is 12.1 Å². The second-order valence-corrected chi connectivity index (χ2v) is 10.5. The van der Waals surface area contributed by atoms with E-state index < -0.39 is 0 Å². The van der Waals surface area contributed by atoms with Crippen molar-refractivity contribution in [3.63, 3.8) is 0 Å². The van der Waals surface area contributed by atoms with Gasteiger partial charge in [-0.15, -0.1) is 0 Å². The second kappa shape index (κ2) is 8.74. The van der Waals surface area contributed by atoms with Gasteiger partial charge in [-0.25, -0.2) is 5.43 Å². The number of rotatable bonds is 4. The van der Waals surface area contributed by atoms with E-state index in [4.69, 9.17) is 0 Å². The summed E-state index contributed by atoms with van der Waals surface area (Å²) in [5.74, 6) is 0.222. The van der Waals surface area contributed by atoms with Crippen molar-refractivity contribution in [2.45, 2.75) is 79.1 Å². The molecule has 3 N–H and O–H groups in total. The van der Waals surface area contributed by atoms with E-state index in [-0.39, 0.29) is 34.2 Å². The van der Waals surface area contributed by atoms with Gasteiger partial charge in [0.1, 0.15) is 11.5 Å². The van der Waals surface area contributed by atoms with E-state index in [1.165, 1.54) is 6.21 Å². The molecule has 1 amide bonds. The number of nitrogens with one attached hydrogen (secondary N) is 1. The highest BCUT2D eigenvalue weighted by Crippen LogP contribution is 2.39. The third-order valence-corrected chi connectivity index (χ3v) is 5.42. The number of hydrogen-bond acceptors (Lipinski definition) is 4. The first-order chi connectivity index (χ1) is 14.1. The van der Waals surface area contributed by atoms with Crippen LogP contribution < -0.4 is 5.43 Å². The lowest BCUT2D eigenvalue weighted by molar-refractivity contribution is 0.0955. The predicted molar refractivity (Wildman–Crippen MR) is 127 cm³/mol. The third kappa shape index (κ3) is 5.46. The molecule has 0 radical (unpaired) electrons. The molecule has 0 aliphatic rings. The minimum atomic E-state index is -0.370. The molecule has 0 aromatic heterocycles. The fourth-order valence-corrected chi connectivity index (χ4v) is 3.50. The molecule has 0 atom stereocenters. The molecular weight excluding hydrogens is 388 g/mol. The molecule has 0 spiro atoms. The van der Waals surface area contributed by atoms with Gasteiger partial charge < -0.3 is 10.2 Å². The Morgan fingerprint density at radius 1 is 0.968 bits per heavy atom. The van der Waals surface area contributed by atoms with Crippen molar-refractivity contribution in [1.82, 2.24) is 5.43 Å². The minimum absolute atomic E-state index is 0.166. The highest BCUT2D eigenvalue weighted by atomic mass is 16.3. The van der Waals surface area contributed by atoms with Crippen LogP contribution in [-0.2, 0) is 10.8 Å². The van der Waals surface area contributed by atoms with Crippen LogP contribution in [0.1, 0.15) is 99.5 Å². The molecule has 2 aromatic carbocycles. The van der Waals surface area contributed by atoms with E-state index >= 15 is 0 Å². The first-order valence-electron chi connectivity index (χ1n) is 10.7. The number of aromatic hydroxyl groups is 2. The summed E-state index contributed by atoms with van der Waals surface area (Å²) in [4.78, 5) is 12.9. The average molecular weight is 425 g/mol. The maximum Gasteiger partial charge on any atom is 0.271 e. The van der Waals surface area contributed by atoms with Crippen LogP contribution in [0, 0.1) is 6.92 Å². The Morgan fingerprint density at radius 3 is 1.94 bits per heavy atom. The van der Waals surface area contributed by atoms with Crippen LogP contribution >= 0.6 is 0 Å². The van der Waals surface area contributed by atoms with Crippen LogP contribution in [0.4, 0.5) is 0 Å². The summed E-state index contributed by atoms with van der Waals surface area (Å²) in [5.41, 5.74) is 6.09. The molecule has 0 saturated carbocycles. The Balaban J connectivity index is 2.43. The van der Waals surface area contributed by atoms with Crippen molar-refractivity contribution in [1.29, 1.82) is 0 Å². The summed E-state index contributed by atoms with van der Waals surface area (Å²) in [6.45, 7) is 17.9. The van der Waals surface area contributed by atoms with Crippen LogP contribution in [-0.4, -0.2) is 22.3 Å². The zero-order valence-corrected chi connectivity index (χ0v) is 20.2. The predicted octanol–water partition coefficient (Wildman–Crippen LogP) is 5.89. The van der Waals surface area contributed by atoms with Gasteiger partial charge in [-0.1, -0.05) is 67.5 Å². The van der Waals surface area contributed by atoms with Crippen LogP contribution in [0.5, 0.6) is 11.5 Å². The van der Waals surface area contributed by atoms with Gasteiger partial charge in [0.15, 0.2) is 0 Å². The Morgan fingerprint density at radius 2 is 1.48 bits per heavy atom. The van der Waals surface area contributed by atoms with Crippen LogP contribution in [0.25, 0.3) is 0 Å². The largest absolute Gasteiger partial charge is 0.507 e. The van der Waals surface area contributed by atoms with Crippen molar-refractivity contribution in [3.8, 4) is 11.5 Å². The third-order valence-electron chi connectivity index (χ3n) is 5.42. The van der Waals surface area contributed by atoms with Crippen molar-refractivity contribution < 1.29 is 15.0 Å². The van der Waals surface area contributed by atoms with Gasteiger partial charge in [-0.2, -0.15) is 5.10 Å². The Hall–Kier alpha value is -2.82. The van der Waals surface area contributed by atoms with Gasteiger partial charge in [0.05, 0.1) is 6.21 Å². The molecule has 2 rings (SSSR count). The molecule has 0 saturated heterocycles. The minimum Gasteiger partial charge on any atom is -0.507 e. The summed E-state index contributed by atoms with van der Waals surface area (Å²) in [6.07, 6.45) is 1.49. The molecule has 0 aliphatic heterocycles.